The summed E-state index contributed by atoms with van der Waals surface area (Å²) in [7, 11) is 0. The third kappa shape index (κ3) is 5.64. The van der Waals surface area contributed by atoms with Crippen LogP contribution in [-0.2, 0) is 13.0 Å². The Hall–Kier alpha value is -1.51. The predicted octanol–water partition coefficient (Wildman–Crippen LogP) is 3.84. The van der Waals surface area contributed by atoms with Crippen LogP contribution in [0.4, 0.5) is 0 Å². The van der Waals surface area contributed by atoms with Crippen LogP contribution in [0.25, 0.3) is 0 Å². The molecule has 0 aliphatic heterocycles. The van der Waals surface area contributed by atoms with Crippen molar-refractivity contribution in [2.75, 3.05) is 13.1 Å². The van der Waals surface area contributed by atoms with E-state index in [9.17, 15) is 0 Å². The monoisotopic (exact) mass is 291 g/mol. The molecule has 0 heterocycles. The third-order valence-corrected chi connectivity index (χ3v) is 3.01. The molecular formula is C17H22ClNO. The third-order valence-electron chi connectivity index (χ3n) is 3.01. The summed E-state index contributed by atoms with van der Waals surface area (Å²) < 4.78 is 5.76. The number of likely N-dealkylation sites (N-methyl/N-ethyl adjacent to an activating group) is 1. The Morgan fingerprint density at radius 2 is 1.60 bits per heavy atom. The molecule has 0 saturated heterocycles. The van der Waals surface area contributed by atoms with Crippen molar-refractivity contribution in [3.63, 3.8) is 0 Å². The minimum Gasteiger partial charge on any atom is -0.489 e. The van der Waals surface area contributed by atoms with Crippen molar-refractivity contribution in [3.05, 3.63) is 65.7 Å². The summed E-state index contributed by atoms with van der Waals surface area (Å²) in [5.74, 6) is 0.927. The molecule has 0 saturated carbocycles. The lowest BCUT2D eigenvalue weighted by Crippen LogP contribution is -2.15. The number of ether oxygens (including phenoxy) is 1. The predicted molar refractivity (Wildman–Crippen MR) is 86.7 cm³/mol. The molecule has 0 spiro atoms. The van der Waals surface area contributed by atoms with E-state index in [-0.39, 0.29) is 12.4 Å². The lowest BCUT2D eigenvalue weighted by Gasteiger charge is -2.07. The topological polar surface area (TPSA) is 21.3 Å². The van der Waals surface area contributed by atoms with Crippen molar-refractivity contribution in [2.45, 2.75) is 20.0 Å². The van der Waals surface area contributed by atoms with Gasteiger partial charge >= 0.3 is 0 Å². The Labute approximate surface area is 127 Å². The number of benzene rings is 2. The number of nitrogens with one attached hydrogen (secondary N) is 1. The summed E-state index contributed by atoms with van der Waals surface area (Å²) in [5, 5.41) is 3.33. The van der Waals surface area contributed by atoms with E-state index in [1.807, 2.05) is 30.3 Å². The fraction of sp³-hybridized carbons (Fsp3) is 0.294. The van der Waals surface area contributed by atoms with Crippen LogP contribution in [0.3, 0.4) is 0 Å². The van der Waals surface area contributed by atoms with Gasteiger partial charge < -0.3 is 10.1 Å². The normalized spacial score (nSPS) is 9.85. The summed E-state index contributed by atoms with van der Waals surface area (Å²) in [6.45, 7) is 4.80. The molecule has 20 heavy (non-hydrogen) atoms. The van der Waals surface area contributed by atoms with Gasteiger partial charge in [-0.05, 0) is 42.8 Å². The second kappa shape index (κ2) is 9.40. The Bertz CT molecular complexity index is 470. The first kappa shape index (κ1) is 16.5. The molecule has 0 fully saturated rings. The molecule has 2 rings (SSSR count). The highest BCUT2D eigenvalue weighted by molar-refractivity contribution is 5.85. The van der Waals surface area contributed by atoms with E-state index in [4.69, 9.17) is 4.74 Å². The van der Waals surface area contributed by atoms with Gasteiger partial charge in [0.2, 0.25) is 0 Å². The van der Waals surface area contributed by atoms with Crippen molar-refractivity contribution in [3.8, 4) is 5.75 Å². The highest BCUT2D eigenvalue weighted by Crippen LogP contribution is 2.14. The van der Waals surface area contributed by atoms with E-state index < -0.39 is 0 Å². The number of halogens is 1. The van der Waals surface area contributed by atoms with Crippen LogP contribution in [0.2, 0.25) is 0 Å². The summed E-state index contributed by atoms with van der Waals surface area (Å²) in [6.07, 6.45) is 1.06. The van der Waals surface area contributed by atoms with Crippen molar-refractivity contribution in [2.24, 2.45) is 0 Å². The molecule has 2 nitrogen and oxygen atoms in total. The molecule has 2 aromatic carbocycles. The van der Waals surface area contributed by atoms with E-state index >= 15 is 0 Å². The molecule has 3 heteroatoms. The molecule has 0 aliphatic carbocycles. The molecule has 0 radical (unpaired) electrons. The molecule has 108 valence electrons. The molecule has 0 amide bonds. The number of hydrogen-bond acceptors (Lipinski definition) is 2. The van der Waals surface area contributed by atoms with Gasteiger partial charge in [-0.15, -0.1) is 12.4 Å². The van der Waals surface area contributed by atoms with Gasteiger partial charge in [-0.2, -0.15) is 0 Å². The standard InChI is InChI=1S/C17H21NO.ClH/c1-2-18-13-12-15-8-10-17(11-9-15)19-14-16-6-4-3-5-7-16;/h3-11,18H,2,12-14H2,1H3;1H. The second-order valence-electron chi connectivity index (χ2n) is 4.52. The molecule has 1 N–H and O–H groups in total. The van der Waals surface area contributed by atoms with Gasteiger partial charge in [-0.3, -0.25) is 0 Å². The van der Waals surface area contributed by atoms with Crippen molar-refractivity contribution >= 4 is 12.4 Å². The van der Waals surface area contributed by atoms with Gasteiger partial charge in [-0.1, -0.05) is 49.4 Å². The molecule has 0 atom stereocenters. The molecule has 0 aliphatic rings. The largest absolute Gasteiger partial charge is 0.489 e. The first-order chi connectivity index (χ1) is 9.38. The van der Waals surface area contributed by atoms with Gasteiger partial charge in [-0.25, -0.2) is 0 Å². The van der Waals surface area contributed by atoms with E-state index in [0.717, 1.165) is 25.3 Å². The van der Waals surface area contributed by atoms with Crippen molar-refractivity contribution in [1.29, 1.82) is 0 Å². The maximum atomic E-state index is 5.76. The maximum absolute atomic E-state index is 5.76. The zero-order chi connectivity index (χ0) is 13.3. The molecule has 0 aromatic heterocycles. The Morgan fingerprint density at radius 1 is 0.900 bits per heavy atom. The Balaban J connectivity index is 0.00000200. The summed E-state index contributed by atoms with van der Waals surface area (Å²) in [4.78, 5) is 0. The summed E-state index contributed by atoms with van der Waals surface area (Å²) >= 11 is 0. The van der Waals surface area contributed by atoms with E-state index in [2.05, 4.69) is 36.5 Å². The number of rotatable bonds is 7. The minimum absolute atomic E-state index is 0. The Kier molecular flexibility index (Phi) is 7.78. The van der Waals surface area contributed by atoms with Gasteiger partial charge in [0.25, 0.3) is 0 Å². The van der Waals surface area contributed by atoms with Crippen LogP contribution < -0.4 is 10.1 Å². The van der Waals surface area contributed by atoms with Crippen LogP contribution >= 0.6 is 12.4 Å². The first-order valence-electron chi connectivity index (χ1n) is 6.85. The zero-order valence-corrected chi connectivity index (χ0v) is 12.7. The van der Waals surface area contributed by atoms with E-state index in [1.54, 1.807) is 0 Å². The highest BCUT2D eigenvalue weighted by atomic mass is 35.5. The summed E-state index contributed by atoms with van der Waals surface area (Å²) in [6, 6.07) is 18.6. The minimum atomic E-state index is 0. The molecule has 2 aromatic rings. The van der Waals surface area contributed by atoms with E-state index in [1.165, 1.54) is 11.1 Å². The fourth-order valence-electron chi connectivity index (χ4n) is 1.90. The van der Waals surface area contributed by atoms with Crippen LogP contribution in [0.1, 0.15) is 18.1 Å². The zero-order valence-electron chi connectivity index (χ0n) is 11.8. The average molecular weight is 292 g/mol. The van der Waals surface area contributed by atoms with Crippen LogP contribution in [0.5, 0.6) is 5.75 Å². The van der Waals surface area contributed by atoms with Crippen LogP contribution in [0, 0.1) is 0 Å². The average Bonchev–Trinajstić information content (AvgIpc) is 2.48. The fourth-order valence-corrected chi connectivity index (χ4v) is 1.90. The van der Waals surface area contributed by atoms with Crippen molar-refractivity contribution < 1.29 is 4.74 Å². The smallest absolute Gasteiger partial charge is 0.119 e. The maximum Gasteiger partial charge on any atom is 0.119 e. The van der Waals surface area contributed by atoms with Crippen molar-refractivity contribution in [1.82, 2.24) is 5.32 Å². The van der Waals surface area contributed by atoms with Gasteiger partial charge in [0.15, 0.2) is 0 Å². The van der Waals surface area contributed by atoms with Crippen LogP contribution in [-0.4, -0.2) is 13.1 Å². The molecule has 0 bridgehead atoms. The van der Waals surface area contributed by atoms with Gasteiger partial charge in [0.05, 0.1) is 0 Å². The molecular weight excluding hydrogens is 270 g/mol. The van der Waals surface area contributed by atoms with Gasteiger partial charge in [0.1, 0.15) is 12.4 Å². The Morgan fingerprint density at radius 3 is 2.25 bits per heavy atom. The lowest BCUT2D eigenvalue weighted by molar-refractivity contribution is 0.306. The van der Waals surface area contributed by atoms with Crippen LogP contribution in [0.15, 0.2) is 54.6 Å². The number of hydrogen-bond donors (Lipinski definition) is 1. The SMILES string of the molecule is CCNCCc1ccc(OCc2ccccc2)cc1.Cl. The second-order valence-corrected chi connectivity index (χ2v) is 4.52. The van der Waals surface area contributed by atoms with Gasteiger partial charge in [0, 0.05) is 0 Å². The lowest BCUT2D eigenvalue weighted by atomic mass is 10.1. The van der Waals surface area contributed by atoms with E-state index in [0.29, 0.717) is 6.61 Å². The quantitative estimate of drug-likeness (QED) is 0.783. The highest BCUT2D eigenvalue weighted by Gasteiger charge is 1.97. The molecule has 0 unspecified atom stereocenters. The first-order valence-corrected chi connectivity index (χ1v) is 6.85. The summed E-state index contributed by atoms with van der Waals surface area (Å²) in [5.41, 5.74) is 2.53.